The number of likely N-dealkylation sites (tertiary alicyclic amines) is 1. The molecule has 0 bridgehead atoms. The summed E-state index contributed by atoms with van der Waals surface area (Å²) in [4.78, 5) is 36.6. The van der Waals surface area contributed by atoms with E-state index >= 15 is 0 Å². The van der Waals surface area contributed by atoms with Gasteiger partial charge in [-0.2, -0.15) is 0 Å². The number of carbonyl (C=O) groups is 3. The van der Waals surface area contributed by atoms with Crippen molar-refractivity contribution in [3.8, 4) is 0 Å². The molecule has 7 heteroatoms. The van der Waals surface area contributed by atoms with Crippen molar-refractivity contribution in [2.75, 3.05) is 37.4 Å². The van der Waals surface area contributed by atoms with Gasteiger partial charge in [-0.25, -0.2) is 0 Å². The zero-order chi connectivity index (χ0) is 17.5. The average molecular weight is 333 g/mol. The number of ether oxygens (including phenoxy) is 1. The van der Waals surface area contributed by atoms with E-state index in [1.54, 1.807) is 24.3 Å². The lowest BCUT2D eigenvalue weighted by Crippen LogP contribution is -2.41. The number of amides is 2. The number of hydrogen-bond acceptors (Lipinski definition) is 5. The molecule has 0 unspecified atom stereocenters. The van der Waals surface area contributed by atoms with Gasteiger partial charge in [0, 0.05) is 18.3 Å². The highest BCUT2D eigenvalue weighted by Crippen LogP contribution is 2.18. The van der Waals surface area contributed by atoms with E-state index in [4.69, 9.17) is 4.74 Å². The molecule has 0 aromatic heterocycles. The van der Waals surface area contributed by atoms with Crippen molar-refractivity contribution in [1.29, 1.82) is 0 Å². The molecule has 130 valence electrons. The first-order chi connectivity index (χ1) is 11.5. The number of rotatable bonds is 5. The van der Waals surface area contributed by atoms with E-state index in [2.05, 4.69) is 10.6 Å². The molecule has 2 N–H and O–H groups in total. The van der Waals surface area contributed by atoms with Gasteiger partial charge in [-0.1, -0.05) is 0 Å². The largest absolute Gasteiger partial charge is 0.469 e. The van der Waals surface area contributed by atoms with E-state index in [0.717, 1.165) is 0 Å². The second-order valence-electron chi connectivity index (χ2n) is 5.88. The highest BCUT2D eigenvalue weighted by atomic mass is 16.5. The van der Waals surface area contributed by atoms with Gasteiger partial charge >= 0.3 is 5.97 Å². The molecular weight excluding hydrogens is 310 g/mol. The summed E-state index contributed by atoms with van der Waals surface area (Å²) in [5.74, 6) is -0.463. The van der Waals surface area contributed by atoms with E-state index in [9.17, 15) is 14.4 Å². The summed E-state index contributed by atoms with van der Waals surface area (Å²) in [7, 11) is 1.40. The van der Waals surface area contributed by atoms with Crippen LogP contribution in [-0.4, -0.2) is 49.4 Å². The minimum Gasteiger partial charge on any atom is -0.469 e. The Morgan fingerprint density at radius 1 is 1.08 bits per heavy atom. The van der Waals surface area contributed by atoms with Crippen LogP contribution in [0.25, 0.3) is 0 Å². The van der Waals surface area contributed by atoms with Crippen LogP contribution in [0.5, 0.6) is 0 Å². The normalized spacial score (nSPS) is 15.6. The van der Waals surface area contributed by atoms with Crippen molar-refractivity contribution in [3.63, 3.8) is 0 Å². The van der Waals surface area contributed by atoms with Crippen LogP contribution >= 0.6 is 0 Å². The highest BCUT2D eigenvalue weighted by molar-refractivity contribution is 5.93. The molecule has 1 aliphatic rings. The van der Waals surface area contributed by atoms with E-state index in [-0.39, 0.29) is 23.7 Å². The summed E-state index contributed by atoms with van der Waals surface area (Å²) in [6.45, 7) is 3.14. The standard InChI is InChI=1S/C17H23N3O4/c1-12(21)18-14-3-5-15(6-4-14)19-16(22)11-20-9-7-13(8-10-20)17(23)24-2/h3-6,13H,7-11H2,1-2H3,(H,18,21)(H,19,22). The maximum absolute atomic E-state index is 12.1. The van der Waals surface area contributed by atoms with Crippen molar-refractivity contribution in [2.45, 2.75) is 19.8 Å². The molecule has 1 aromatic rings. The van der Waals surface area contributed by atoms with Crippen LogP contribution in [-0.2, 0) is 19.1 Å². The second kappa shape index (κ2) is 8.44. The summed E-state index contributed by atoms with van der Waals surface area (Å²) in [6.07, 6.45) is 1.43. The highest BCUT2D eigenvalue weighted by Gasteiger charge is 2.26. The van der Waals surface area contributed by atoms with E-state index in [1.807, 2.05) is 4.90 Å². The van der Waals surface area contributed by atoms with Gasteiger partial charge in [0.25, 0.3) is 0 Å². The van der Waals surface area contributed by atoms with Crippen LogP contribution in [0.2, 0.25) is 0 Å². The first kappa shape index (κ1) is 17.9. The fraction of sp³-hybridized carbons (Fsp3) is 0.471. The number of nitrogens with one attached hydrogen (secondary N) is 2. The lowest BCUT2D eigenvalue weighted by molar-refractivity contribution is -0.147. The van der Waals surface area contributed by atoms with E-state index in [1.165, 1.54) is 14.0 Å². The maximum atomic E-state index is 12.1. The second-order valence-corrected chi connectivity index (χ2v) is 5.88. The Kier molecular flexibility index (Phi) is 6.31. The summed E-state index contributed by atoms with van der Waals surface area (Å²) in [5.41, 5.74) is 1.36. The molecule has 0 aliphatic carbocycles. The third-order valence-corrected chi connectivity index (χ3v) is 3.98. The Bertz CT molecular complexity index is 592. The Balaban J connectivity index is 1.77. The fourth-order valence-corrected chi connectivity index (χ4v) is 2.74. The van der Waals surface area contributed by atoms with Crippen molar-refractivity contribution in [3.05, 3.63) is 24.3 Å². The topological polar surface area (TPSA) is 87.7 Å². The molecule has 0 spiro atoms. The lowest BCUT2D eigenvalue weighted by atomic mass is 9.97. The maximum Gasteiger partial charge on any atom is 0.308 e. The predicted octanol–water partition coefficient (Wildman–Crippen LogP) is 1.47. The molecule has 2 amide bonds. The van der Waals surface area contributed by atoms with Crippen LogP contribution < -0.4 is 10.6 Å². The molecular formula is C17H23N3O4. The van der Waals surface area contributed by atoms with Gasteiger partial charge in [-0.05, 0) is 50.2 Å². The molecule has 0 radical (unpaired) electrons. The third-order valence-electron chi connectivity index (χ3n) is 3.98. The number of anilines is 2. The van der Waals surface area contributed by atoms with Crippen molar-refractivity contribution >= 4 is 29.2 Å². The number of benzene rings is 1. The van der Waals surface area contributed by atoms with Gasteiger partial charge in [0.15, 0.2) is 0 Å². The molecule has 1 fully saturated rings. The molecule has 1 aliphatic heterocycles. The predicted molar refractivity (Wildman–Crippen MR) is 90.6 cm³/mol. The van der Waals surface area contributed by atoms with Crippen LogP contribution in [0.1, 0.15) is 19.8 Å². The average Bonchev–Trinajstić information content (AvgIpc) is 2.56. The van der Waals surface area contributed by atoms with E-state index < -0.39 is 0 Å². The third kappa shape index (κ3) is 5.34. The quantitative estimate of drug-likeness (QED) is 0.797. The number of piperidine rings is 1. The molecule has 24 heavy (non-hydrogen) atoms. The van der Waals surface area contributed by atoms with Crippen LogP contribution in [0.15, 0.2) is 24.3 Å². The van der Waals surface area contributed by atoms with Gasteiger partial charge in [0.2, 0.25) is 11.8 Å². The van der Waals surface area contributed by atoms with Crippen LogP contribution in [0, 0.1) is 5.92 Å². The monoisotopic (exact) mass is 333 g/mol. The summed E-state index contributed by atoms with van der Waals surface area (Å²) in [6, 6.07) is 6.96. The number of methoxy groups -OCH3 is 1. The molecule has 1 heterocycles. The summed E-state index contributed by atoms with van der Waals surface area (Å²) < 4.78 is 4.76. The first-order valence-electron chi connectivity index (χ1n) is 7.95. The Morgan fingerprint density at radius 3 is 2.12 bits per heavy atom. The molecule has 0 atom stereocenters. The van der Waals surface area contributed by atoms with Crippen molar-refractivity contribution < 1.29 is 19.1 Å². The Hall–Kier alpha value is -2.41. The van der Waals surface area contributed by atoms with Gasteiger partial charge in [-0.3, -0.25) is 19.3 Å². The Morgan fingerprint density at radius 2 is 1.62 bits per heavy atom. The minimum atomic E-state index is -0.168. The summed E-state index contributed by atoms with van der Waals surface area (Å²) in [5, 5.41) is 5.50. The zero-order valence-electron chi connectivity index (χ0n) is 14.0. The number of nitrogens with zero attached hydrogens (tertiary/aromatic N) is 1. The van der Waals surface area contributed by atoms with Crippen molar-refractivity contribution in [1.82, 2.24) is 4.90 Å². The summed E-state index contributed by atoms with van der Waals surface area (Å²) >= 11 is 0. The molecule has 7 nitrogen and oxygen atoms in total. The Labute approximate surface area is 141 Å². The van der Waals surface area contributed by atoms with Crippen LogP contribution in [0.4, 0.5) is 11.4 Å². The minimum absolute atomic E-state index is 0.0596. The smallest absolute Gasteiger partial charge is 0.308 e. The molecule has 0 saturated carbocycles. The fourth-order valence-electron chi connectivity index (χ4n) is 2.74. The number of esters is 1. The first-order valence-corrected chi connectivity index (χ1v) is 7.95. The number of hydrogen-bond donors (Lipinski definition) is 2. The molecule has 1 aromatic carbocycles. The molecule has 2 rings (SSSR count). The zero-order valence-corrected chi connectivity index (χ0v) is 14.0. The molecule has 1 saturated heterocycles. The number of carbonyl (C=O) groups excluding carboxylic acids is 3. The van der Waals surface area contributed by atoms with E-state index in [0.29, 0.717) is 43.9 Å². The van der Waals surface area contributed by atoms with Gasteiger partial charge in [0.1, 0.15) is 0 Å². The van der Waals surface area contributed by atoms with Crippen LogP contribution in [0.3, 0.4) is 0 Å². The lowest BCUT2D eigenvalue weighted by Gasteiger charge is -2.29. The SMILES string of the molecule is COC(=O)C1CCN(CC(=O)Nc2ccc(NC(C)=O)cc2)CC1. The van der Waals surface area contributed by atoms with Crippen molar-refractivity contribution in [2.24, 2.45) is 5.92 Å². The van der Waals surface area contributed by atoms with Gasteiger partial charge in [-0.15, -0.1) is 0 Å². The van der Waals surface area contributed by atoms with Gasteiger partial charge in [0.05, 0.1) is 19.6 Å². The van der Waals surface area contributed by atoms with Gasteiger partial charge < -0.3 is 15.4 Å².